The molecule has 1 aromatic heterocycles. The molecule has 0 aliphatic rings. The van der Waals surface area contributed by atoms with Crippen LogP contribution >= 0.6 is 0 Å². The van der Waals surface area contributed by atoms with E-state index in [4.69, 9.17) is 0 Å². The molecule has 0 saturated carbocycles. The minimum Gasteiger partial charge on any atom is -0.475 e. The van der Waals surface area contributed by atoms with E-state index in [-0.39, 0.29) is 13.0 Å². The summed E-state index contributed by atoms with van der Waals surface area (Å²) in [7, 11) is 0. The summed E-state index contributed by atoms with van der Waals surface area (Å²) in [5.41, 5.74) is 3.45. The molecule has 4 aromatic carbocycles. The highest BCUT2D eigenvalue weighted by atomic mass is 16.4. The van der Waals surface area contributed by atoms with E-state index < -0.39 is 23.3 Å². The zero-order chi connectivity index (χ0) is 28.7. The number of aliphatic carboxylic acids is 1. The van der Waals surface area contributed by atoms with Gasteiger partial charge in [-0.05, 0) is 22.3 Å². The Morgan fingerprint density at radius 3 is 1.68 bits per heavy atom. The molecule has 0 aliphatic heterocycles. The van der Waals surface area contributed by atoms with Gasteiger partial charge >= 0.3 is 5.97 Å². The van der Waals surface area contributed by atoms with Crippen molar-refractivity contribution in [1.29, 1.82) is 0 Å². The van der Waals surface area contributed by atoms with Gasteiger partial charge in [-0.25, -0.2) is 9.78 Å². The molecule has 1 heterocycles. The molecule has 0 spiro atoms. The number of carboxylic acids is 1. The predicted molar refractivity (Wildman–Crippen MR) is 155 cm³/mol. The highest BCUT2D eigenvalue weighted by Crippen LogP contribution is 2.40. The highest BCUT2D eigenvalue weighted by Gasteiger charge is 2.39. The number of ketones is 1. The second kappa shape index (κ2) is 12.3. The minimum atomic E-state index is -1.60. The number of nitrogens with zero attached hydrogens (tertiary/aromatic N) is 3. The average molecular weight is 544 g/mol. The van der Waals surface area contributed by atoms with Gasteiger partial charge in [-0.3, -0.25) is 9.59 Å². The van der Waals surface area contributed by atoms with Crippen LogP contribution in [-0.2, 0) is 32.9 Å². The average Bonchev–Trinajstić information content (AvgIpc) is 3.50. The summed E-state index contributed by atoms with van der Waals surface area (Å²) < 4.78 is 1.99. The van der Waals surface area contributed by atoms with Gasteiger partial charge in [-0.15, -0.1) is 0 Å². The highest BCUT2D eigenvalue weighted by molar-refractivity contribution is 6.35. The molecule has 5 aromatic rings. The number of amides is 1. The van der Waals surface area contributed by atoms with Crippen molar-refractivity contribution >= 4 is 18.2 Å². The van der Waals surface area contributed by atoms with Gasteiger partial charge in [0, 0.05) is 19.2 Å². The van der Waals surface area contributed by atoms with E-state index in [1.165, 1.54) is 4.90 Å². The van der Waals surface area contributed by atoms with Gasteiger partial charge in [-0.2, -0.15) is 0 Å². The van der Waals surface area contributed by atoms with Crippen LogP contribution in [0, 0.1) is 0 Å². The lowest BCUT2D eigenvalue weighted by Gasteiger charge is -2.37. The van der Waals surface area contributed by atoms with E-state index in [2.05, 4.69) is 41.4 Å². The molecule has 0 fully saturated rings. The minimum absolute atomic E-state index is 0.0574. The van der Waals surface area contributed by atoms with Crippen molar-refractivity contribution in [2.75, 3.05) is 0 Å². The Morgan fingerprint density at radius 1 is 0.780 bits per heavy atom. The molecular weight excluding hydrogens is 514 g/mol. The number of Topliss-reactive ketones (excluding diaryl/α,β-unsaturated/α-hetero) is 1. The SMILES string of the molecule is O=CN(Cc1ccccc1)[C@@H](Cc1cn(C(c2ccccc2)(c2ccccc2)c2ccccc2)cn1)C(=O)C(=O)O. The number of hydrogen-bond donors (Lipinski definition) is 1. The number of aromatic nitrogens is 2. The summed E-state index contributed by atoms with van der Waals surface area (Å²) in [5, 5.41) is 9.60. The smallest absolute Gasteiger partial charge is 0.374 e. The fraction of sp³-hybridized carbons (Fsp3) is 0.118. The molecule has 0 unspecified atom stereocenters. The lowest BCUT2D eigenvalue weighted by atomic mass is 9.77. The quantitative estimate of drug-likeness (QED) is 0.137. The summed E-state index contributed by atoms with van der Waals surface area (Å²) in [6.07, 6.45) is 4.00. The molecule has 5 rings (SSSR count). The van der Waals surface area contributed by atoms with Crippen molar-refractivity contribution in [3.8, 4) is 0 Å². The van der Waals surface area contributed by atoms with Gasteiger partial charge in [0.2, 0.25) is 6.41 Å². The molecular formula is C34H29N3O4. The van der Waals surface area contributed by atoms with Crippen molar-refractivity contribution in [2.45, 2.75) is 24.5 Å². The van der Waals surface area contributed by atoms with Crippen LogP contribution in [0.15, 0.2) is 134 Å². The molecule has 1 amide bonds. The lowest BCUT2D eigenvalue weighted by Crippen LogP contribution is -2.44. The van der Waals surface area contributed by atoms with E-state index in [1.807, 2.05) is 95.7 Å². The maximum atomic E-state index is 12.9. The molecule has 0 bridgehead atoms. The number of carbonyl (C=O) groups excluding carboxylic acids is 2. The second-order valence-electron chi connectivity index (χ2n) is 9.73. The Balaban J connectivity index is 1.61. The topological polar surface area (TPSA) is 92.5 Å². The fourth-order valence-electron chi connectivity index (χ4n) is 5.35. The Kier molecular flexibility index (Phi) is 8.15. The van der Waals surface area contributed by atoms with E-state index in [0.29, 0.717) is 12.1 Å². The molecule has 1 N–H and O–H groups in total. The van der Waals surface area contributed by atoms with Crippen LogP contribution in [-0.4, -0.2) is 43.8 Å². The third-order valence-corrected chi connectivity index (χ3v) is 7.26. The van der Waals surface area contributed by atoms with Crippen LogP contribution in [0.2, 0.25) is 0 Å². The summed E-state index contributed by atoms with van der Waals surface area (Å²) in [4.78, 5) is 42.7. The van der Waals surface area contributed by atoms with Crippen molar-refractivity contribution < 1.29 is 19.5 Å². The Hall–Kier alpha value is -5.30. The van der Waals surface area contributed by atoms with E-state index in [1.54, 1.807) is 6.33 Å². The summed E-state index contributed by atoms with van der Waals surface area (Å²) in [6.45, 7) is 0.0940. The van der Waals surface area contributed by atoms with Crippen LogP contribution < -0.4 is 0 Å². The number of benzene rings is 4. The monoisotopic (exact) mass is 543 g/mol. The van der Waals surface area contributed by atoms with Crippen LogP contribution in [0.1, 0.15) is 27.9 Å². The molecule has 0 saturated heterocycles. The third kappa shape index (κ3) is 5.56. The van der Waals surface area contributed by atoms with E-state index in [9.17, 15) is 19.5 Å². The Bertz CT molecular complexity index is 1510. The Labute approximate surface area is 238 Å². The number of hydrogen-bond acceptors (Lipinski definition) is 4. The van der Waals surface area contributed by atoms with Crippen molar-refractivity contribution in [1.82, 2.24) is 14.5 Å². The van der Waals surface area contributed by atoms with E-state index >= 15 is 0 Å². The van der Waals surface area contributed by atoms with Crippen molar-refractivity contribution in [3.63, 3.8) is 0 Å². The van der Waals surface area contributed by atoms with Crippen LogP contribution in [0.25, 0.3) is 0 Å². The zero-order valence-electron chi connectivity index (χ0n) is 22.3. The van der Waals surface area contributed by atoms with Crippen LogP contribution in [0.4, 0.5) is 0 Å². The Morgan fingerprint density at radius 2 is 1.24 bits per heavy atom. The first-order valence-corrected chi connectivity index (χ1v) is 13.3. The standard InChI is InChI=1S/C34H29N3O4/c38-25-36(22-26-13-5-1-6-14-26)31(32(39)33(40)41)21-30-23-37(24-35-30)34(27-15-7-2-8-16-27,28-17-9-3-10-18-28)29-19-11-4-12-20-29/h1-20,23-25,31H,21-22H2,(H,40,41)/t31-/m0/s1. The summed E-state index contributed by atoms with van der Waals surface area (Å²) >= 11 is 0. The van der Waals surface area contributed by atoms with Gasteiger partial charge in [0.15, 0.2) is 0 Å². The molecule has 41 heavy (non-hydrogen) atoms. The van der Waals surface area contributed by atoms with Crippen LogP contribution in [0.3, 0.4) is 0 Å². The molecule has 7 nitrogen and oxygen atoms in total. The van der Waals surface area contributed by atoms with Gasteiger partial charge in [0.25, 0.3) is 5.78 Å². The van der Waals surface area contributed by atoms with Crippen LogP contribution in [0.5, 0.6) is 0 Å². The molecule has 0 aliphatic carbocycles. The normalized spacial score (nSPS) is 11.9. The molecule has 0 radical (unpaired) electrons. The maximum absolute atomic E-state index is 12.9. The second-order valence-corrected chi connectivity index (χ2v) is 9.73. The van der Waals surface area contributed by atoms with Crippen molar-refractivity contribution in [3.05, 3.63) is 162 Å². The number of imidazole rings is 1. The van der Waals surface area contributed by atoms with E-state index in [0.717, 1.165) is 22.3 Å². The van der Waals surface area contributed by atoms with Gasteiger partial charge < -0.3 is 14.6 Å². The lowest BCUT2D eigenvalue weighted by molar-refractivity contribution is -0.152. The zero-order valence-corrected chi connectivity index (χ0v) is 22.3. The van der Waals surface area contributed by atoms with Gasteiger partial charge in [-0.1, -0.05) is 121 Å². The molecule has 1 atom stereocenters. The first-order valence-electron chi connectivity index (χ1n) is 13.3. The van der Waals surface area contributed by atoms with Gasteiger partial charge in [0.05, 0.1) is 12.0 Å². The predicted octanol–water partition coefficient (Wildman–Crippen LogP) is 4.95. The van der Waals surface area contributed by atoms with Gasteiger partial charge in [0.1, 0.15) is 11.6 Å². The summed E-state index contributed by atoms with van der Waals surface area (Å²) in [6, 6.07) is 38.1. The van der Waals surface area contributed by atoms with Crippen molar-refractivity contribution in [2.24, 2.45) is 0 Å². The number of carbonyl (C=O) groups is 3. The largest absolute Gasteiger partial charge is 0.475 e. The molecule has 204 valence electrons. The summed E-state index contributed by atoms with van der Waals surface area (Å²) in [5.74, 6) is -2.66. The third-order valence-electron chi connectivity index (χ3n) is 7.26. The number of carboxylic acid groups (broad SMARTS) is 1. The first-order chi connectivity index (χ1) is 20.0. The molecule has 7 heteroatoms. The maximum Gasteiger partial charge on any atom is 0.374 e. The number of rotatable bonds is 12. The fourth-order valence-corrected chi connectivity index (χ4v) is 5.35. The first kappa shape index (κ1) is 27.3.